The summed E-state index contributed by atoms with van der Waals surface area (Å²) in [6.45, 7) is 5.41. The van der Waals surface area contributed by atoms with Gasteiger partial charge in [0.25, 0.3) is 0 Å². The van der Waals surface area contributed by atoms with Gasteiger partial charge in [0.1, 0.15) is 6.10 Å². The van der Waals surface area contributed by atoms with E-state index in [-0.39, 0.29) is 5.60 Å². The Bertz CT molecular complexity index is 196. The van der Waals surface area contributed by atoms with Gasteiger partial charge in [-0.2, -0.15) is 0 Å². The van der Waals surface area contributed by atoms with Crippen molar-refractivity contribution in [3.8, 4) is 0 Å². The van der Waals surface area contributed by atoms with Crippen molar-refractivity contribution >= 4 is 0 Å². The summed E-state index contributed by atoms with van der Waals surface area (Å²) in [7, 11) is 1.71. The fourth-order valence-electron chi connectivity index (χ4n) is 2.66. The summed E-state index contributed by atoms with van der Waals surface area (Å²) >= 11 is 0. The van der Waals surface area contributed by atoms with Crippen LogP contribution in [0.2, 0.25) is 0 Å². The van der Waals surface area contributed by atoms with Gasteiger partial charge in [0.05, 0.1) is 12.2 Å². The van der Waals surface area contributed by atoms with Gasteiger partial charge in [-0.3, -0.25) is 0 Å². The van der Waals surface area contributed by atoms with Crippen LogP contribution in [0.1, 0.15) is 46.0 Å². The average Bonchev–Trinajstić information content (AvgIpc) is 2.29. The van der Waals surface area contributed by atoms with E-state index in [4.69, 9.17) is 9.47 Å². The third kappa shape index (κ3) is 3.44. The molecule has 0 radical (unpaired) electrons. The molecule has 0 spiro atoms. The summed E-state index contributed by atoms with van der Waals surface area (Å²) in [5, 5.41) is 10.2. The van der Waals surface area contributed by atoms with E-state index in [1.54, 1.807) is 7.11 Å². The predicted molar refractivity (Wildman–Crippen MR) is 64.5 cm³/mol. The van der Waals surface area contributed by atoms with Crippen LogP contribution >= 0.6 is 0 Å². The van der Waals surface area contributed by atoms with Crippen LogP contribution < -0.4 is 0 Å². The molecule has 0 amide bonds. The monoisotopic (exact) mass is 230 g/mol. The van der Waals surface area contributed by atoms with Crippen LogP contribution in [0.3, 0.4) is 0 Å². The third-order valence-corrected chi connectivity index (χ3v) is 3.63. The van der Waals surface area contributed by atoms with E-state index in [0.29, 0.717) is 19.1 Å². The Hall–Kier alpha value is -0.120. The molecule has 1 aliphatic rings. The molecule has 1 fully saturated rings. The van der Waals surface area contributed by atoms with Crippen molar-refractivity contribution in [1.29, 1.82) is 0 Å². The first kappa shape index (κ1) is 13.9. The second-order valence-electron chi connectivity index (χ2n) is 5.06. The molecular formula is C13H26O3. The normalized spacial score (nSPS) is 32.6. The van der Waals surface area contributed by atoms with Gasteiger partial charge >= 0.3 is 0 Å². The first-order chi connectivity index (χ1) is 7.64. The lowest BCUT2D eigenvalue weighted by molar-refractivity contribution is -0.151. The van der Waals surface area contributed by atoms with Crippen LogP contribution in [0, 0.1) is 5.92 Å². The second-order valence-corrected chi connectivity index (χ2v) is 5.06. The van der Waals surface area contributed by atoms with Crippen molar-refractivity contribution in [3.63, 3.8) is 0 Å². The highest BCUT2D eigenvalue weighted by Gasteiger charge is 2.41. The molecule has 0 aromatic carbocycles. The van der Waals surface area contributed by atoms with Gasteiger partial charge in [-0.15, -0.1) is 0 Å². The molecule has 3 unspecified atom stereocenters. The van der Waals surface area contributed by atoms with Crippen molar-refractivity contribution in [2.24, 2.45) is 5.92 Å². The minimum Gasteiger partial charge on any atom is -0.388 e. The molecule has 1 rings (SSSR count). The van der Waals surface area contributed by atoms with E-state index in [2.05, 4.69) is 13.8 Å². The highest BCUT2D eigenvalue weighted by molar-refractivity contribution is 4.92. The highest BCUT2D eigenvalue weighted by atomic mass is 16.5. The minimum atomic E-state index is -0.494. The maximum atomic E-state index is 10.2. The van der Waals surface area contributed by atoms with Gasteiger partial charge < -0.3 is 14.6 Å². The zero-order chi connectivity index (χ0) is 12.0. The van der Waals surface area contributed by atoms with Crippen LogP contribution in [0.25, 0.3) is 0 Å². The van der Waals surface area contributed by atoms with Gasteiger partial charge in [0.2, 0.25) is 0 Å². The maximum Gasteiger partial charge on any atom is 0.106 e. The molecule has 0 aromatic rings. The molecule has 1 saturated carbocycles. The fourth-order valence-corrected chi connectivity index (χ4v) is 2.66. The molecule has 0 aliphatic heterocycles. The number of rotatable bonds is 6. The van der Waals surface area contributed by atoms with Crippen molar-refractivity contribution in [1.82, 2.24) is 0 Å². The van der Waals surface area contributed by atoms with E-state index >= 15 is 0 Å². The molecule has 16 heavy (non-hydrogen) atoms. The molecule has 3 heteroatoms. The largest absolute Gasteiger partial charge is 0.388 e. The lowest BCUT2D eigenvalue weighted by Gasteiger charge is -2.42. The quantitative estimate of drug-likeness (QED) is 0.712. The topological polar surface area (TPSA) is 38.7 Å². The Kier molecular flexibility index (Phi) is 5.73. The summed E-state index contributed by atoms with van der Waals surface area (Å²) in [4.78, 5) is 0. The summed E-state index contributed by atoms with van der Waals surface area (Å²) in [6, 6.07) is 0. The molecule has 3 nitrogen and oxygen atoms in total. The van der Waals surface area contributed by atoms with E-state index in [1.165, 1.54) is 6.42 Å². The Balaban J connectivity index is 2.49. The molecule has 1 N–H and O–H groups in total. The first-order valence-corrected chi connectivity index (χ1v) is 6.45. The van der Waals surface area contributed by atoms with E-state index in [0.717, 1.165) is 25.7 Å². The number of methoxy groups -OCH3 is 1. The Labute approximate surface area is 99.1 Å². The van der Waals surface area contributed by atoms with Gasteiger partial charge in [-0.25, -0.2) is 0 Å². The van der Waals surface area contributed by atoms with Crippen LogP contribution in [-0.4, -0.2) is 37.1 Å². The zero-order valence-corrected chi connectivity index (χ0v) is 10.9. The average molecular weight is 230 g/mol. The zero-order valence-electron chi connectivity index (χ0n) is 10.9. The Morgan fingerprint density at radius 3 is 2.81 bits per heavy atom. The summed E-state index contributed by atoms with van der Waals surface area (Å²) < 4.78 is 11.0. The van der Waals surface area contributed by atoms with Gasteiger partial charge in [0.15, 0.2) is 0 Å². The molecular weight excluding hydrogens is 204 g/mol. The number of hydrogen-bond donors (Lipinski definition) is 1. The molecule has 96 valence electrons. The maximum absolute atomic E-state index is 10.2. The van der Waals surface area contributed by atoms with Crippen LogP contribution in [0.15, 0.2) is 0 Å². The number of hydrogen-bond acceptors (Lipinski definition) is 3. The van der Waals surface area contributed by atoms with E-state index in [9.17, 15) is 5.11 Å². The van der Waals surface area contributed by atoms with Crippen molar-refractivity contribution in [2.45, 2.75) is 57.7 Å². The van der Waals surface area contributed by atoms with Crippen molar-refractivity contribution in [3.05, 3.63) is 0 Å². The smallest absolute Gasteiger partial charge is 0.106 e. The molecule has 0 aromatic heterocycles. The Morgan fingerprint density at radius 2 is 2.25 bits per heavy atom. The molecule has 0 bridgehead atoms. The molecule has 0 heterocycles. The Morgan fingerprint density at radius 1 is 1.50 bits per heavy atom. The van der Waals surface area contributed by atoms with E-state index in [1.807, 2.05) is 0 Å². The molecule has 3 atom stereocenters. The number of aliphatic hydroxyl groups is 1. The third-order valence-electron chi connectivity index (χ3n) is 3.63. The van der Waals surface area contributed by atoms with Crippen LogP contribution in [-0.2, 0) is 9.47 Å². The van der Waals surface area contributed by atoms with Gasteiger partial charge in [-0.05, 0) is 25.2 Å². The predicted octanol–water partition coefficient (Wildman–Crippen LogP) is 2.37. The fraction of sp³-hybridized carbons (Fsp3) is 1.00. The minimum absolute atomic E-state index is 0.370. The molecule has 0 saturated heterocycles. The molecule has 1 aliphatic carbocycles. The lowest BCUT2D eigenvalue weighted by atomic mass is 9.75. The van der Waals surface area contributed by atoms with Crippen molar-refractivity contribution < 1.29 is 14.6 Å². The summed E-state index contributed by atoms with van der Waals surface area (Å²) in [5.74, 6) is 0.634. The number of aliphatic hydroxyl groups excluding tert-OH is 1. The van der Waals surface area contributed by atoms with Gasteiger partial charge in [-0.1, -0.05) is 26.7 Å². The van der Waals surface area contributed by atoms with Gasteiger partial charge in [0, 0.05) is 13.7 Å². The lowest BCUT2D eigenvalue weighted by Crippen LogP contribution is -2.49. The van der Waals surface area contributed by atoms with Crippen molar-refractivity contribution in [2.75, 3.05) is 20.3 Å². The van der Waals surface area contributed by atoms with Crippen LogP contribution in [0.5, 0.6) is 0 Å². The number of ether oxygens (including phenoxy) is 2. The van der Waals surface area contributed by atoms with Crippen LogP contribution in [0.4, 0.5) is 0 Å². The highest BCUT2D eigenvalue weighted by Crippen LogP contribution is 2.37. The second kappa shape index (κ2) is 6.58. The first-order valence-electron chi connectivity index (χ1n) is 6.45. The SMILES string of the molecule is CCCOCC(O)C1(OC)CCCC(C)C1. The van der Waals surface area contributed by atoms with E-state index < -0.39 is 6.10 Å². The summed E-state index contributed by atoms with van der Waals surface area (Å²) in [6.07, 6.45) is 4.77. The summed E-state index contributed by atoms with van der Waals surface area (Å²) in [5.41, 5.74) is -0.370. The standard InChI is InChI=1S/C13H26O3/c1-4-8-16-10-12(14)13(15-3)7-5-6-11(2)9-13/h11-12,14H,4-10H2,1-3H3.